The molecule has 6 heteroatoms. The van der Waals surface area contributed by atoms with Gasteiger partial charge in [-0.3, -0.25) is 14.9 Å². The molecule has 0 aliphatic carbocycles. The molecule has 1 N–H and O–H groups in total. The van der Waals surface area contributed by atoms with Crippen molar-refractivity contribution in [2.24, 2.45) is 0 Å². The van der Waals surface area contributed by atoms with E-state index in [0.717, 1.165) is 12.0 Å². The quantitative estimate of drug-likeness (QED) is 0.524. The summed E-state index contributed by atoms with van der Waals surface area (Å²) in [4.78, 5) is 28.7. The van der Waals surface area contributed by atoms with E-state index in [1.807, 2.05) is 49.1 Å². The molecule has 2 aromatic carbocycles. The van der Waals surface area contributed by atoms with E-state index in [2.05, 4.69) is 4.98 Å². The van der Waals surface area contributed by atoms with Crippen LogP contribution in [-0.2, 0) is 6.54 Å². The fraction of sp³-hybridized carbons (Fsp3) is 0.250. The summed E-state index contributed by atoms with van der Waals surface area (Å²) < 4.78 is 0. The number of rotatable bonds is 6. The predicted molar refractivity (Wildman–Crippen MR) is 101 cm³/mol. The van der Waals surface area contributed by atoms with Crippen LogP contribution in [-0.4, -0.2) is 26.8 Å². The number of H-pyrrole nitrogens is 1. The lowest BCUT2D eigenvalue weighted by molar-refractivity contribution is -0.384. The molecule has 1 amide bonds. The number of non-ortho nitro benzene ring substituents is 1. The second kappa shape index (κ2) is 7.39. The Morgan fingerprint density at radius 2 is 1.96 bits per heavy atom. The summed E-state index contributed by atoms with van der Waals surface area (Å²) >= 11 is 0. The third-order valence-corrected chi connectivity index (χ3v) is 4.69. The summed E-state index contributed by atoms with van der Waals surface area (Å²) in [5.41, 5.74) is 2.19. The Morgan fingerprint density at radius 1 is 1.23 bits per heavy atom. The van der Waals surface area contributed by atoms with E-state index in [9.17, 15) is 14.9 Å². The molecule has 3 rings (SSSR count). The zero-order valence-electron chi connectivity index (χ0n) is 14.8. The van der Waals surface area contributed by atoms with Crippen molar-refractivity contribution in [1.82, 2.24) is 9.88 Å². The van der Waals surface area contributed by atoms with Crippen molar-refractivity contribution in [2.45, 2.75) is 32.9 Å². The Bertz CT molecular complexity index is 934. The second-order valence-electron chi connectivity index (χ2n) is 6.37. The van der Waals surface area contributed by atoms with Crippen molar-refractivity contribution in [3.63, 3.8) is 0 Å². The van der Waals surface area contributed by atoms with Gasteiger partial charge in [0.1, 0.15) is 0 Å². The number of nitrogens with zero attached hydrogens (tertiary/aromatic N) is 2. The minimum Gasteiger partial charge on any atom is -0.360 e. The average molecular weight is 351 g/mol. The summed E-state index contributed by atoms with van der Waals surface area (Å²) in [7, 11) is 0. The summed E-state index contributed by atoms with van der Waals surface area (Å²) in [6.07, 6.45) is 2.46. The molecule has 3 aromatic rings. The lowest BCUT2D eigenvalue weighted by Crippen LogP contribution is -2.37. The zero-order chi connectivity index (χ0) is 18.7. The normalized spacial score (nSPS) is 12.1. The van der Waals surface area contributed by atoms with E-state index in [0.29, 0.717) is 23.0 Å². The Balaban J connectivity index is 1.99. The largest absolute Gasteiger partial charge is 0.360 e. The lowest BCUT2D eigenvalue weighted by atomic mass is 10.1. The molecule has 1 atom stereocenters. The van der Waals surface area contributed by atoms with Gasteiger partial charge in [0.15, 0.2) is 0 Å². The standard InChI is InChI=1S/C20H21N3O3/c1-3-14(2)22(13-15-7-5-4-6-8-15)20(24)18-12-21-19-10-9-16(23(25)26)11-17(18)19/h4-12,14,21H,3,13H2,1-2H3. The van der Waals surface area contributed by atoms with Gasteiger partial charge < -0.3 is 9.88 Å². The van der Waals surface area contributed by atoms with Gasteiger partial charge in [0.05, 0.1) is 10.5 Å². The molecular weight excluding hydrogens is 330 g/mol. The first-order valence-corrected chi connectivity index (χ1v) is 8.61. The number of nitro groups is 1. The van der Waals surface area contributed by atoms with Crippen LogP contribution >= 0.6 is 0 Å². The maximum Gasteiger partial charge on any atom is 0.270 e. The van der Waals surface area contributed by atoms with Gasteiger partial charge in [-0.1, -0.05) is 37.3 Å². The van der Waals surface area contributed by atoms with Gasteiger partial charge in [-0.25, -0.2) is 0 Å². The van der Waals surface area contributed by atoms with Gasteiger partial charge in [-0.2, -0.15) is 0 Å². The number of hydrogen-bond acceptors (Lipinski definition) is 3. The Hall–Kier alpha value is -3.15. The first-order valence-electron chi connectivity index (χ1n) is 8.61. The summed E-state index contributed by atoms with van der Waals surface area (Å²) in [6, 6.07) is 14.4. The van der Waals surface area contributed by atoms with Crippen LogP contribution in [0.4, 0.5) is 5.69 Å². The number of hydrogen-bond donors (Lipinski definition) is 1. The Kier molecular flexibility index (Phi) is 5.02. The molecule has 1 aromatic heterocycles. The van der Waals surface area contributed by atoms with Crippen molar-refractivity contribution in [1.29, 1.82) is 0 Å². The predicted octanol–water partition coefficient (Wildman–Crippen LogP) is 4.52. The van der Waals surface area contributed by atoms with E-state index in [1.54, 1.807) is 12.3 Å². The molecule has 0 aliphatic heterocycles. The number of nitro benzene ring substituents is 1. The van der Waals surface area contributed by atoms with Crippen molar-refractivity contribution < 1.29 is 9.72 Å². The molecule has 0 saturated carbocycles. The second-order valence-corrected chi connectivity index (χ2v) is 6.37. The number of carbonyl (C=O) groups is 1. The molecule has 0 radical (unpaired) electrons. The average Bonchev–Trinajstić information content (AvgIpc) is 3.09. The molecule has 0 aliphatic rings. The number of benzene rings is 2. The number of aromatic amines is 1. The summed E-state index contributed by atoms with van der Waals surface area (Å²) in [5, 5.41) is 11.7. The molecule has 1 unspecified atom stereocenters. The zero-order valence-corrected chi connectivity index (χ0v) is 14.8. The van der Waals surface area contributed by atoms with Crippen LogP contribution in [0.1, 0.15) is 36.2 Å². The van der Waals surface area contributed by atoms with Crippen LogP contribution in [0.3, 0.4) is 0 Å². The topological polar surface area (TPSA) is 79.2 Å². The van der Waals surface area contributed by atoms with E-state index >= 15 is 0 Å². The van der Waals surface area contributed by atoms with Crippen LogP contribution < -0.4 is 0 Å². The minimum atomic E-state index is -0.447. The Morgan fingerprint density at radius 3 is 2.62 bits per heavy atom. The summed E-state index contributed by atoms with van der Waals surface area (Å²) in [5.74, 6) is -0.130. The highest BCUT2D eigenvalue weighted by Gasteiger charge is 2.24. The third-order valence-electron chi connectivity index (χ3n) is 4.69. The SMILES string of the molecule is CCC(C)N(Cc1ccccc1)C(=O)c1c[nH]c2ccc([N+](=O)[O-])cc12. The summed E-state index contributed by atoms with van der Waals surface area (Å²) in [6.45, 7) is 4.55. The highest BCUT2D eigenvalue weighted by atomic mass is 16.6. The van der Waals surface area contributed by atoms with E-state index in [1.165, 1.54) is 12.1 Å². The molecular formula is C20H21N3O3. The van der Waals surface area contributed by atoms with Crippen LogP contribution in [0.25, 0.3) is 10.9 Å². The van der Waals surface area contributed by atoms with E-state index in [4.69, 9.17) is 0 Å². The number of carbonyl (C=O) groups excluding carboxylic acids is 1. The molecule has 0 spiro atoms. The minimum absolute atomic E-state index is 0.0238. The Labute approximate surface area is 151 Å². The fourth-order valence-electron chi connectivity index (χ4n) is 2.98. The maximum atomic E-state index is 13.2. The van der Waals surface area contributed by atoms with Gasteiger partial charge in [0.25, 0.3) is 11.6 Å². The molecule has 26 heavy (non-hydrogen) atoms. The highest BCUT2D eigenvalue weighted by molar-refractivity contribution is 6.07. The van der Waals surface area contributed by atoms with Crippen molar-refractivity contribution >= 4 is 22.5 Å². The van der Waals surface area contributed by atoms with E-state index in [-0.39, 0.29) is 17.6 Å². The molecule has 0 saturated heterocycles. The molecule has 1 heterocycles. The van der Waals surface area contributed by atoms with E-state index < -0.39 is 4.92 Å². The van der Waals surface area contributed by atoms with Crippen molar-refractivity contribution in [2.75, 3.05) is 0 Å². The fourth-order valence-corrected chi connectivity index (χ4v) is 2.98. The first-order chi connectivity index (χ1) is 12.5. The maximum absolute atomic E-state index is 13.2. The van der Waals surface area contributed by atoms with Gasteiger partial charge in [-0.05, 0) is 25.0 Å². The number of amides is 1. The van der Waals surface area contributed by atoms with Crippen LogP contribution in [0, 0.1) is 10.1 Å². The first kappa shape index (κ1) is 17.7. The third kappa shape index (κ3) is 3.44. The van der Waals surface area contributed by atoms with Gasteiger partial charge in [0.2, 0.25) is 0 Å². The van der Waals surface area contributed by atoms with Crippen LogP contribution in [0.15, 0.2) is 54.7 Å². The number of fused-ring (bicyclic) bond motifs is 1. The molecule has 0 bridgehead atoms. The molecule has 0 fully saturated rings. The lowest BCUT2D eigenvalue weighted by Gasteiger charge is -2.28. The van der Waals surface area contributed by atoms with Crippen molar-refractivity contribution in [3.8, 4) is 0 Å². The van der Waals surface area contributed by atoms with Crippen LogP contribution in [0.2, 0.25) is 0 Å². The molecule has 6 nitrogen and oxygen atoms in total. The number of nitrogens with one attached hydrogen (secondary N) is 1. The monoisotopic (exact) mass is 351 g/mol. The van der Waals surface area contributed by atoms with Crippen molar-refractivity contribution in [3.05, 3.63) is 76.0 Å². The van der Waals surface area contributed by atoms with Gasteiger partial charge >= 0.3 is 0 Å². The number of aromatic nitrogens is 1. The van der Waals surface area contributed by atoms with Gasteiger partial charge in [-0.15, -0.1) is 0 Å². The highest BCUT2D eigenvalue weighted by Crippen LogP contribution is 2.26. The smallest absolute Gasteiger partial charge is 0.270 e. The van der Waals surface area contributed by atoms with Gasteiger partial charge in [0, 0.05) is 41.8 Å². The van der Waals surface area contributed by atoms with Crippen LogP contribution in [0.5, 0.6) is 0 Å². The molecule has 134 valence electrons.